The fraction of sp³-hybridized carbons (Fsp3) is 0.500. The largest absolute Gasteiger partial charge is 0.357 e. The van der Waals surface area contributed by atoms with Crippen LogP contribution in [0.15, 0.2) is 33.8 Å². The zero-order chi connectivity index (χ0) is 18.2. The quantitative estimate of drug-likeness (QED) is 0.377. The van der Waals surface area contributed by atoms with Gasteiger partial charge in [0.05, 0.1) is 6.54 Å². The molecule has 1 aromatic carbocycles. The summed E-state index contributed by atoms with van der Waals surface area (Å²) in [6.07, 6.45) is 0.586. The number of nitrogens with one attached hydrogen (secondary N) is 1. The number of benzene rings is 1. The van der Waals surface area contributed by atoms with Crippen LogP contribution in [0.2, 0.25) is 0 Å². The number of guanidine groups is 1. The summed E-state index contributed by atoms with van der Waals surface area (Å²) in [6, 6.07) is 6.59. The zero-order valence-corrected chi connectivity index (χ0v) is 18.0. The summed E-state index contributed by atoms with van der Waals surface area (Å²) in [5.41, 5.74) is 0.895. The summed E-state index contributed by atoms with van der Waals surface area (Å²) in [4.78, 5) is 10.9. The van der Waals surface area contributed by atoms with Crippen molar-refractivity contribution >= 4 is 29.9 Å². The predicted octanol–water partition coefficient (Wildman–Crippen LogP) is 3.59. The molecule has 0 bridgehead atoms. The van der Waals surface area contributed by atoms with Crippen LogP contribution in [0.25, 0.3) is 0 Å². The van der Waals surface area contributed by atoms with E-state index < -0.39 is 0 Å². The molecule has 0 unspecified atom stereocenters. The van der Waals surface area contributed by atoms with Crippen LogP contribution >= 0.6 is 24.0 Å². The second-order valence-corrected chi connectivity index (χ2v) is 6.17. The molecule has 1 N–H and O–H groups in total. The molecular weight excluding hydrogens is 448 g/mol. The number of halogens is 2. The van der Waals surface area contributed by atoms with E-state index in [1.807, 2.05) is 38.8 Å². The predicted molar refractivity (Wildman–Crippen MR) is 111 cm³/mol. The Kier molecular flexibility index (Phi) is 9.53. The van der Waals surface area contributed by atoms with E-state index in [1.165, 1.54) is 12.1 Å². The van der Waals surface area contributed by atoms with Gasteiger partial charge in [0.1, 0.15) is 5.82 Å². The van der Waals surface area contributed by atoms with Gasteiger partial charge in [-0.15, -0.1) is 24.0 Å². The van der Waals surface area contributed by atoms with Crippen LogP contribution in [-0.2, 0) is 13.0 Å². The lowest BCUT2D eigenvalue weighted by molar-refractivity contribution is 0.372. The molecule has 0 aliphatic heterocycles. The third-order valence-corrected chi connectivity index (χ3v) is 3.59. The number of nitrogens with zero attached hydrogens (tertiary/aromatic N) is 4. The number of aliphatic imine (C=N–C) groups is 1. The summed E-state index contributed by atoms with van der Waals surface area (Å²) in [7, 11) is 1.93. The molecule has 0 saturated carbocycles. The van der Waals surface area contributed by atoms with Crippen molar-refractivity contribution in [1.82, 2.24) is 20.4 Å². The van der Waals surface area contributed by atoms with Gasteiger partial charge in [0.25, 0.3) is 0 Å². The molecule has 0 aliphatic carbocycles. The second kappa shape index (κ2) is 11.1. The third kappa shape index (κ3) is 6.89. The van der Waals surface area contributed by atoms with Crippen molar-refractivity contribution in [1.29, 1.82) is 0 Å². The van der Waals surface area contributed by atoms with Gasteiger partial charge in [-0.3, -0.25) is 4.99 Å². The summed E-state index contributed by atoms with van der Waals surface area (Å²) in [5, 5.41) is 7.20. The van der Waals surface area contributed by atoms with Crippen molar-refractivity contribution in [2.45, 2.75) is 39.7 Å². The van der Waals surface area contributed by atoms with Crippen molar-refractivity contribution in [3.05, 3.63) is 47.4 Å². The Hall–Kier alpha value is -1.71. The molecule has 8 heteroatoms. The SMILES string of the molecule is CCNC(=NCCc1nc(C(C)C)no1)N(C)Cc1cccc(F)c1.I. The first kappa shape index (κ1) is 22.3. The Morgan fingerprint density at radius 2 is 2.15 bits per heavy atom. The van der Waals surface area contributed by atoms with Crippen molar-refractivity contribution in [3.63, 3.8) is 0 Å². The van der Waals surface area contributed by atoms with E-state index >= 15 is 0 Å². The van der Waals surface area contributed by atoms with E-state index in [0.29, 0.717) is 31.2 Å². The molecule has 0 amide bonds. The molecule has 1 aromatic heterocycles. The Labute approximate surface area is 171 Å². The first-order chi connectivity index (χ1) is 12.0. The average molecular weight is 475 g/mol. The topological polar surface area (TPSA) is 66.5 Å². The van der Waals surface area contributed by atoms with Crippen molar-refractivity contribution in [2.75, 3.05) is 20.1 Å². The minimum absolute atomic E-state index is 0. The number of rotatable bonds is 7. The van der Waals surface area contributed by atoms with Crippen molar-refractivity contribution in [3.8, 4) is 0 Å². The highest BCUT2D eigenvalue weighted by atomic mass is 127. The molecule has 0 saturated heterocycles. The summed E-state index contributed by atoms with van der Waals surface area (Å²) in [6.45, 7) is 7.93. The second-order valence-electron chi connectivity index (χ2n) is 6.17. The van der Waals surface area contributed by atoms with Gasteiger partial charge in [-0.2, -0.15) is 4.98 Å². The van der Waals surface area contributed by atoms with Crippen molar-refractivity contribution in [2.24, 2.45) is 4.99 Å². The van der Waals surface area contributed by atoms with Gasteiger partial charge in [0.2, 0.25) is 5.89 Å². The van der Waals surface area contributed by atoms with Crippen LogP contribution in [-0.4, -0.2) is 41.1 Å². The molecule has 144 valence electrons. The smallest absolute Gasteiger partial charge is 0.228 e. The Balaban J connectivity index is 0.00000338. The van der Waals surface area contributed by atoms with Gasteiger partial charge < -0.3 is 14.7 Å². The molecule has 0 atom stereocenters. The highest BCUT2D eigenvalue weighted by Crippen LogP contribution is 2.10. The molecule has 0 fully saturated rings. The first-order valence-electron chi connectivity index (χ1n) is 8.56. The van der Waals surface area contributed by atoms with E-state index in [-0.39, 0.29) is 35.7 Å². The van der Waals surface area contributed by atoms with Gasteiger partial charge in [-0.05, 0) is 24.6 Å². The highest BCUT2D eigenvalue weighted by Gasteiger charge is 2.10. The fourth-order valence-corrected chi connectivity index (χ4v) is 2.32. The molecule has 0 spiro atoms. The highest BCUT2D eigenvalue weighted by molar-refractivity contribution is 14.0. The minimum Gasteiger partial charge on any atom is -0.357 e. The van der Waals surface area contributed by atoms with Crippen LogP contribution in [0, 0.1) is 5.82 Å². The van der Waals surface area contributed by atoms with Gasteiger partial charge >= 0.3 is 0 Å². The molecule has 0 aliphatic rings. The third-order valence-electron chi connectivity index (χ3n) is 3.59. The van der Waals surface area contributed by atoms with Crippen LogP contribution in [0.1, 0.15) is 44.0 Å². The number of hydrogen-bond donors (Lipinski definition) is 1. The number of aromatic nitrogens is 2. The van der Waals surface area contributed by atoms with Gasteiger partial charge in [0.15, 0.2) is 11.8 Å². The Bertz CT molecular complexity index is 704. The number of hydrogen-bond acceptors (Lipinski definition) is 4. The summed E-state index contributed by atoms with van der Waals surface area (Å²) < 4.78 is 18.6. The van der Waals surface area contributed by atoms with E-state index in [0.717, 1.165) is 18.1 Å². The first-order valence-corrected chi connectivity index (χ1v) is 8.56. The zero-order valence-electron chi connectivity index (χ0n) is 15.7. The average Bonchev–Trinajstić information content (AvgIpc) is 3.03. The molecule has 26 heavy (non-hydrogen) atoms. The normalized spacial score (nSPS) is 11.4. The van der Waals surface area contributed by atoms with Gasteiger partial charge in [-0.25, -0.2) is 4.39 Å². The fourth-order valence-electron chi connectivity index (χ4n) is 2.32. The molecule has 0 radical (unpaired) electrons. The molecule has 2 aromatic rings. The minimum atomic E-state index is -0.231. The Morgan fingerprint density at radius 1 is 1.38 bits per heavy atom. The maximum Gasteiger partial charge on any atom is 0.228 e. The van der Waals surface area contributed by atoms with Crippen LogP contribution in [0.4, 0.5) is 4.39 Å². The van der Waals surface area contributed by atoms with Crippen LogP contribution in [0.3, 0.4) is 0 Å². The summed E-state index contributed by atoms with van der Waals surface area (Å²) >= 11 is 0. The molecule has 1 heterocycles. The maximum atomic E-state index is 13.3. The molecule has 2 rings (SSSR count). The lowest BCUT2D eigenvalue weighted by Gasteiger charge is -2.22. The maximum absolute atomic E-state index is 13.3. The summed E-state index contributed by atoms with van der Waals surface area (Å²) in [5.74, 6) is 2.08. The lowest BCUT2D eigenvalue weighted by atomic mass is 10.2. The lowest BCUT2D eigenvalue weighted by Crippen LogP contribution is -2.38. The van der Waals surface area contributed by atoms with E-state index in [1.54, 1.807) is 6.07 Å². The van der Waals surface area contributed by atoms with Crippen LogP contribution < -0.4 is 5.32 Å². The van der Waals surface area contributed by atoms with E-state index in [9.17, 15) is 4.39 Å². The van der Waals surface area contributed by atoms with Gasteiger partial charge in [-0.1, -0.05) is 31.1 Å². The van der Waals surface area contributed by atoms with Gasteiger partial charge in [0, 0.05) is 32.5 Å². The Morgan fingerprint density at radius 3 is 2.77 bits per heavy atom. The standard InChI is InChI=1S/C18H26FN5O.HI/c1-5-20-18(24(4)12-14-7-6-8-15(19)11-14)21-10-9-16-22-17(13(2)3)23-25-16;/h6-8,11,13H,5,9-10,12H2,1-4H3,(H,20,21);1H. The van der Waals surface area contributed by atoms with E-state index in [4.69, 9.17) is 4.52 Å². The van der Waals surface area contributed by atoms with E-state index in [2.05, 4.69) is 20.4 Å². The van der Waals surface area contributed by atoms with Crippen LogP contribution in [0.5, 0.6) is 0 Å². The monoisotopic (exact) mass is 475 g/mol. The molecule has 6 nitrogen and oxygen atoms in total. The van der Waals surface area contributed by atoms with Crippen molar-refractivity contribution < 1.29 is 8.91 Å². The molecular formula is C18H27FIN5O.